The van der Waals surface area contributed by atoms with Crippen LogP contribution in [-0.4, -0.2) is 16.5 Å². The molecule has 5 heteroatoms. The SMILES string of the molecule is CCOC(F)(F)C(Br)Br. The number of alkyl halides is 4. The minimum absolute atomic E-state index is 0.000694. The number of ether oxygens (including phenoxy) is 1. The summed E-state index contributed by atoms with van der Waals surface area (Å²) in [6.07, 6.45) is -3.12. The van der Waals surface area contributed by atoms with Crippen molar-refractivity contribution in [2.45, 2.75) is 16.8 Å². The van der Waals surface area contributed by atoms with Crippen LogP contribution in [0.2, 0.25) is 0 Å². The molecule has 1 nitrogen and oxygen atoms in total. The summed E-state index contributed by atoms with van der Waals surface area (Å²) in [4.78, 5) is 0. The molecule has 9 heavy (non-hydrogen) atoms. The highest BCUT2D eigenvalue weighted by Gasteiger charge is 2.36. The number of halogens is 4. The Morgan fingerprint density at radius 2 is 2.00 bits per heavy atom. The summed E-state index contributed by atoms with van der Waals surface area (Å²) in [6.45, 7) is 1.51. The van der Waals surface area contributed by atoms with E-state index in [-0.39, 0.29) is 6.61 Å². The maximum atomic E-state index is 12.2. The number of rotatable bonds is 3. The van der Waals surface area contributed by atoms with Crippen molar-refractivity contribution in [3.05, 3.63) is 0 Å². The van der Waals surface area contributed by atoms with Gasteiger partial charge in [0.1, 0.15) is 0 Å². The Kier molecular flexibility index (Phi) is 4.16. The minimum Gasteiger partial charge on any atom is -0.319 e. The fourth-order valence-corrected chi connectivity index (χ4v) is 0.520. The van der Waals surface area contributed by atoms with Gasteiger partial charge in [-0.05, 0) is 6.92 Å². The molecule has 0 aromatic carbocycles. The van der Waals surface area contributed by atoms with Crippen molar-refractivity contribution in [1.29, 1.82) is 0 Å². The first-order valence-electron chi connectivity index (χ1n) is 2.30. The largest absolute Gasteiger partial charge is 0.378 e. The van der Waals surface area contributed by atoms with Gasteiger partial charge in [0, 0.05) is 0 Å². The first-order valence-corrected chi connectivity index (χ1v) is 4.13. The zero-order valence-electron chi connectivity index (χ0n) is 4.70. The summed E-state index contributed by atoms with van der Waals surface area (Å²) in [5.41, 5.74) is 0. The van der Waals surface area contributed by atoms with Crippen molar-refractivity contribution < 1.29 is 13.5 Å². The lowest BCUT2D eigenvalue weighted by molar-refractivity contribution is -0.220. The Morgan fingerprint density at radius 3 is 2.11 bits per heavy atom. The molecule has 0 saturated carbocycles. The van der Waals surface area contributed by atoms with E-state index in [1.807, 2.05) is 0 Å². The summed E-state index contributed by atoms with van der Waals surface area (Å²) in [7, 11) is 0. The van der Waals surface area contributed by atoms with Gasteiger partial charge in [0.25, 0.3) is 0 Å². The van der Waals surface area contributed by atoms with Gasteiger partial charge in [-0.2, -0.15) is 8.78 Å². The second-order valence-corrected chi connectivity index (χ2v) is 4.36. The lowest BCUT2D eigenvalue weighted by Crippen LogP contribution is -2.27. The van der Waals surface area contributed by atoms with E-state index in [1.165, 1.54) is 6.92 Å². The molecule has 0 aromatic rings. The molecule has 0 rings (SSSR count). The van der Waals surface area contributed by atoms with Crippen molar-refractivity contribution in [3.8, 4) is 0 Å². The highest BCUT2D eigenvalue weighted by atomic mass is 79.9. The molecule has 0 aromatic heterocycles. The lowest BCUT2D eigenvalue weighted by atomic mass is 10.7. The molecule has 0 aliphatic heterocycles. The van der Waals surface area contributed by atoms with E-state index in [2.05, 4.69) is 36.6 Å². The van der Waals surface area contributed by atoms with Crippen LogP contribution in [0.4, 0.5) is 8.78 Å². The molecule has 0 atom stereocenters. The van der Waals surface area contributed by atoms with Crippen LogP contribution in [0, 0.1) is 0 Å². The zero-order valence-corrected chi connectivity index (χ0v) is 7.88. The van der Waals surface area contributed by atoms with E-state index in [0.717, 1.165) is 0 Å². The van der Waals surface area contributed by atoms with E-state index >= 15 is 0 Å². The Bertz CT molecular complexity index is 86.6. The van der Waals surface area contributed by atoms with Gasteiger partial charge < -0.3 is 4.74 Å². The average molecular weight is 268 g/mol. The summed E-state index contributed by atoms with van der Waals surface area (Å²) < 4.78 is 27.4. The quantitative estimate of drug-likeness (QED) is 0.715. The third kappa shape index (κ3) is 3.47. The Balaban J connectivity index is 3.70. The second-order valence-electron chi connectivity index (χ2n) is 1.30. The van der Waals surface area contributed by atoms with E-state index in [4.69, 9.17) is 0 Å². The van der Waals surface area contributed by atoms with Gasteiger partial charge in [-0.15, -0.1) is 0 Å². The van der Waals surface area contributed by atoms with E-state index in [9.17, 15) is 8.78 Å². The third-order valence-electron chi connectivity index (χ3n) is 0.591. The monoisotopic (exact) mass is 266 g/mol. The van der Waals surface area contributed by atoms with Gasteiger partial charge in [-0.1, -0.05) is 31.9 Å². The zero-order chi connectivity index (χ0) is 7.49. The maximum absolute atomic E-state index is 12.2. The first-order chi connectivity index (χ1) is 4.00. The maximum Gasteiger partial charge on any atom is 0.378 e. The molecule has 0 heterocycles. The van der Waals surface area contributed by atoms with Crippen molar-refractivity contribution >= 4 is 31.9 Å². The lowest BCUT2D eigenvalue weighted by Gasteiger charge is -2.16. The standard InChI is InChI=1S/C4H6Br2F2O/c1-2-9-4(7,8)3(5)6/h3H,2H2,1H3. The molecule has 0 N–H and O–H groups in total. The number of hydrogen-bond acceptors (Lipinski definition) is 1. The van der Waals surface area contributed by atoms with Gasteiger partial charge in [0.2, 0.25) is 0 Å². The molecule has 0 radical (unpaired) electrons. The summed E-state index contributed by atoms with van der Waals surface area (Å²) in [5, 5.41) is 0. The van der Waals surface area contributed by atoms with Crippen LogP contribution in [0.25, 0.3) is 0 Å². The molecular weight excluding hydrogens is 262 g/mol. The highest BCUT2D eigenvalue weighted by molar-refractivity contribution is 9.24. The highest BCUT2D eigenvalue weighted by Crippen LogP contribution is 2.30. The van der Waals surface area contributed by atoms with Gasteiger partial charge in [0.05, 0.1) is 6.61 Å². The normalized spacial score (nSPS) is 12.7. The van der Waals surface area contributed by atoms with Crippen LogP contribution in [0.15, 0.2) is 0 Å². The van der Waals surface area contributed by atoms with Crippen LogP contribution in [0.3, 0.4) is 0 Å². The molecule has 56 valence electrons. The second kappa shape index (κ2) is 3.83. The van der Waals surface area contributed by atoms with Gasteiger partial charge in [-0.25, -0.2) is 0 Å². The van der Waals surface area contributed by atoms with Crippen LogP contribution >= 0.6 is 31.9 Å². The summed E-state index contributed by atoms with van der Waals surface area (Å²) in [6, 6.07) is 0. The Labute approximate surface area is 69.0 Å². The smallest absolute Gasteiger partial charge is 0.319 e. The van der Waals surface area contributed by atoms with Crippen LogP contribution < -0.4 is 0 Å². The predicted molar refractivity (Wildman–Crippen MR) is 38.2 cm³/mol. The first kappa shape index (κ1) is 9.78. The van der Waals surface area contributed by atoms with E-state index < -0.39 is 9.85 Å². The van der Waals surface area contributed by atoms with Crippen molar-refractivity contribution in [2.75, 3.05) is 6.61 Å². The Morgan fingerprint density at radius 1 is 1.56 bits per heavy atom. The van der Waals surface area contributed by atoms with E-state index in [0.29, 0.717) is 0 Å². The minimum atomic E-state index is -3.12. The fourth-order valence-electron chi connectivity index (χ4n) is 0.255. The topological polar surface area (TPSA) is 9.23 Å². The number of hydrogen-bond donors (Lipinski definition) is 0. The van der Waals surface area contributed by atoms with Crippen molar-refractivity contribution in [2.24, 2.45) is 0 Å². The van der Waals surface area contributed by atoms with Gasteiger partial charge in [-0.3, -0.25) is 0 Å². The van der Waals surface area contributed by atoms with Crippen molar-refractivity contribution in [3.63, 3.8) is 0 Å². The molecular formula is C4H6Br2F2O. The van der Waals surface area contributed by atoms with Crippen molar-refractivity contribution in [1.82, 2.24) is 0 Å². The van der Waals surface area contributed by atoms with Gasteiger partial charge in [0.15, 0.2) is 3.74 Å². The fraction of sp³-hybridized carbons (Fsp3) is 1.00. The molecule has 0 unspecified atom stereocenters. The molecule has 0 spiro atoms. The molecule has 0 aliphatic rings. The molecule has 0 saturated heterocycles. The van der Waals surface area contributed by atoms with Gasteiger partial charge >= 0.3 is 6.11 Å². The summed E-state index contributed by atoms with van der Waals surface area (Å²) >= 11 is 5.28. The summed E-state index contributed by atoms with van der Waals surface area (Å²) in [5.74, 6) is 0. The Hall–Kier alpha value is 0.780. The molecule has 0 aliphatic carbocycles. The predicted octanol–water partition coefficient (Wildman–Crippen LogP) is 2.73. The van der Waals surface area contributed by atoms with Crippen LogP contribution in [0.5, 0.6) is 0 Å². The average Bonchev–Trinajstić information content (AvgIpc) is 1.65. The van der Waals surface area contributed by atoms with E-state index in [1.54, 1.807) is 0 Å². The third-order valence-corrected chi connectivity index (χ3v) is 1.66. The van der Waals surface area contributed by atoms with Crippen LogP contribution in [0.1, 0.15) is 6.92 Å². The van der Waals surface area contributed by atoms with Crippen LogP contribution in [-0.2, 0) is 4.74 Å². The molecule has 0 bridgehead atoms. The molecule has 0 fully saturated rings. The molecule has 0 amide bonds.